The molecule has 11 heavy (non-hydrogen) atoms. The van der Waals surface area contributed by atoms with Gasteiger partial charge in [0.25, 0.3) is 0 Å². The van der Waals surface area contributed by atoms with Crippen LogP contribution >= 0.6 is 8.38 Å². The van der Waals surface area contributed by atoms with Gasteiger partial charge >= 0.3 is 59.1 Å². The summed E-state index contributed by atoms with van der Waals surface area (Å²) < 4.78 is 0. The Labute approximate surface area is 114 Å². The van der Waals surface area contributed by atoms with Crippen LogP contribution in [0.2, 0.25) is 0 Å². The maximum absolute atomic E-state index is 10.1. The van der Waals surface area contributed by atoms with Crippen molar-refractivity contribution in [2.24, 2.45) is 0 Å². The van der Waals surface area contributed by atoms with Crippen molar-refractivity contribution in [1.29, 1.82) is 0 Å². The molecule has 0 aromatic heterocycles. The number of nitrogens with zero attached hydrogens (tertiary/aromatic N) is 1. The van der Waals surface area contributed by atoms with Crippen LogP contribution in [-0.4, -0.2) is 24.3 Å². The molecule has 0 aliphatic heterocycles. The van der Waals surface area contributed by atoms with Gasteiger partial charge in [0.1, 0.15) is 0 Å². The second-order valence-corrected chi connectivity index (χ2v) is 2.73. The van der Waals surface area contributed by atoms with Crippen molar-refractivity contribution in [3.63, 3.8) is 0 Å². The summed E-state index contributed by atoms with van der Waals surface area (Å²) in [7, 11) is -2.23. The number of rotatable bonds is 4. The summed E-state index contributed by atoms with van der Waals surface area (Å²) in [4.78, 5) is 22.1. The first kappa shape index (κ1) is 19.0. The van der Waals surface area contributed by atoms with E-state index in [1.54, 1.807) is 0 Å². The van der Waals surface area contributed by atoms with Gasteiger partial charge in [0.05, 0.1) is 0 Å². The normalized spacial score (nSPS) is 9.27. The molecule has 0 radical (unpaired) electrons. The van der Waals surface area contributed by atoms with Crippen molar-refractivity contribution in [1.82, 2.24) is 4.90 Å². The van der Waals surface area contributed by atoms with Crippen LogP contribution in [0, 0.1) is 0 Å². The fourth-order valence-electron chi connectivity index (χ4n) is 0.587. The standard InChI is InChI=1S/C5H12NO2P.2Na/c1-3-6(4-2)5-9(7)8;;/h3-5H2,1-2H3;;/q-2;2*+1. The second kappa shape index (κ2) is 12.3. The zero-order valence-corrected chi connectivity index (χ0v) is 12.7. The number of hydrogen-bond donors (Lipinski definition) is 0. The van der Waals surface area contributed by atoms with Crippen LogP contribution in [0.4, 0.5) is 0 Å². The van der Waals surface area contributed by atoms with E-state index in [-0.39, 0.29) is 65.4 Å². The summed E-state index contributed by atoms with van der Waals surface area (Å²) in [5.74, 6) is 0. The van der Waals surface area contributed by atoms with E-state index in [2.05, 4.69) is 0 Å². The van der Waals surface area contributed by atoms with Crippen LogP contribution in [0.5, 0.6) is 0 Å². The zero-order chi connectivity index (χ0) is 7.28. The SMILES string of the molecule is CCN(CC)CP([O-])[O-].[Na+].[Na+]. The molecule has 0 atom stereocenters. The van der Waals surface area contributed by atoms with Gasteiger partial charge in [-0.15, -0.1) is 0 Å². The van der Waals surface area contributed by atoms with Gasteiger partial charge in [-0.25, -0.2) is 0 Å². The van der Waals surface area contributed by atoms with Crippen LogP contribution in [0.3, 0.4) is 0 Å². The Morgan fingerprint density at radius 2 is 1.45 bits per heavy atom. The fraction of sp³-hybridized carbons (Fsp3) is 1.00. The van der Waals surface area contributed by atoms with Crippen LogP contribution in [0.25, 0.3) is 0 Å². The first-order valence-electron chi connectivity index (χ1n) is 3.04. The molecule has 0 N–H and O–H groups in total. The van der Waals surface area contributed by atoms with Gasteiger partial charge in [0.15, 0.2) is 0 Å². The quantitative estimate of drug-likeness (QED) is 0.331. The van der Waals surface area contributed by atoms with Crippen LogP contribution in [0.1, 0.15) is 13.8 Å². The summed E-state index contributed by atoms with van der Waals surface area (Å²) in [5.41, 5.74) is 0. The predicted molar refractivity (Wildman–Crippen MR) is 34.7 cm³/mol. The average molecular weight is 195 g/mol. The molecule has 56 valence electrons. The first-order chi connectivity index (χ1) is 4.20. The molecule has 0 amide bonds. The maximum Gasteiger partial charge on any atom is 1.00 e. The summed E-state index contributed by atoms with van der Waals surface area (Å²) in [6.07, 6.45) is 0.197. The molecule has 0 aromatic rings. The summed E-state index contributed by atoms with van der Waals surface area (Å²) in [6, 6.07) is 0. The van der Waals surface area contributed by atoms with E-state index in [4.69, 9.17) is 0 Å². The Balaban J connectivity index is -0.000000320. The van der Waals surface area contributed by atoms with Crippen molar-refractivity contribution >= 4 is 8.38 Å². The van der Waals surface area contributed by atoms with Crippen LogP contribution in [-0.2, 0) is 0 Å². The molecule has 0 heterocycles. The molecular formula is C5H12NNa2O2P. The summed E-state index contributed by atoms with van der Waals surface area (Å²) in [6.45, 7) is 5.50. The molecule has 0 fully saturated rings. The van der Waals surface area contributed by atoms with Crippen molar-refractivity contribution in [2.45, 2.75) is 13.8 Å². The minimum absolute atomic E-state index is 0. The van der Waals surface area contributed by atoms with Gasteiger partial charge in [-0.3, -0.25) is 8.38 Å². The smallest absolute Gasteiger partial charge is 0.841 e. The first-order valence-corrected chi connectivity index (χ1v) is 4.41. The monoisotopic (exact) mass is 195 g/mol. The van der Waals surface area contributed by atoms with Gasteiger partial charge in [-0.2, -0.15) is 0 Å². The van der Waals surface area contributed by atoms with E-state index in [9.17, 15) is 9.79 Å². The molecule has 0 spiro atoms. The predicted octanol–water partition coefficient (Wildman–Crippen LogP) is -6.67. The third kappa shape index (κ3) is 12.3. The molecule has 0 saturated carbocycles. The molecule has 0 aliphatic rings. The molecule has 0 saturated heterocycles. The van der Waals surface area contributed by atoms with Gasteiger partial charge < -0.3 is 14.7 Å². The second-order valence-electron chi connectivity index (χ2n) is 1.78. The van der Waals surface area contributed by atoms with Crippen molar-refractivity contribution in [2.75, 3.05) is 19.4 Å². The van der Waals surface area contributed by atoms with E-state index in [0.29, 0.717) is 0 Å². The average Bonchev–Trinajstić information content (AvgIpc) is 1.82. The summed E-state index contributed by atoms with van der Waals surface area (Å²) >= 11 is 0. The Kier molecular flexibility index (Phi) is 21.2. The molecular weight excluding hydrogens is 183 g/mol. The number of hydrogen-bond acceptors (Lipinski definition) is 3. The van der Waals surface area contributed by atoms with Crippen molar-refractivity contribution in [3.05, 3.63) is 0 Å². The Morgan fingerprint density at radius 1 is 1.09 bits per heavy atom. The largest absolute Gasteiger partial charge is 1.00 e. The molecule has 0 bridgehead atoms. The third-order valence-corrected chi connectivity index (χ3v) is 1.84. The van der Waals surface area contributed by atoms with E-state index < -0.39 is 8.38 Å². The van der Waals surface area contributed by atoms with Crippen LogP contribution in [0.15, 0.2) is 0 Å². The van der Waals surface area contributed by atoms with Crippen LogP contribution < -0.4 is 68.9 Å². The Hall–Kier alpha value is 2.31. The van der Waals surface area contributed by atoms with Gasteiger partial charge in [-0.1, -0.05) is 13.8 Å². The fourth-order valence-corrected chi connectivity index (χ4v) is 1.31. The molecule has 0 unspecified atom stereocenters. The van der Waals surface area contributed by atoms with E-state index >= 15 is 0 Å². The molecule has 6 heteroatoms. The van der Waals surface area contributed by atoms with Gasteiger partial charge in [0.2, 0.25) is 0 Å². The minimum Gasteiger partial charge on any atom is -0.841 e. The third-order valence-electron chi connectivity index (χ3n) is 1.21. The Bertz CT molecular complexity index is 73.5. The van der Waals surface area contributed by atoms with Gasteiger partial charge in [0, 0.05) is 0 Å². The van der Waals surface area contributed by atoms with E-state index in [1.807, 2.05) is 18.7 Å². The molecule has 0 aromatic carbocycles. The molecule has 0 rings (SSSR count). The Morgan fingerprint density at radius 3 is 1.55 bits per heavy atom. The summed E-state index contributed by atoms with van der Waals surface area (Å²) in [5, 5.41) is 0. The zero-order valence-electron chi connectivity index (χ0n) is 7.83. The van der Waals surface area contributed by atoms with E-state index in [0.717, 1.165) is 13.1 Å². The maximum atomic E-state index is 10.1. The minimum atomic E-state index is -2.23. The van der Waals surface area contributed by atoms with E-state index in [1.165, 1.54) is 0 Å². The molecule has 3 nitrogen and oxygen atoms in total. The van der Waals surface area contributed by atoms with Gasteiger partial charge in [-0.05, 0) is 19.4 Å². The van der Waals surface area contributed by atoms with Crippen molar-refractivity contribution < 1.29 is 68.9 Å². The molecule has 0 aliphatic carbocycles. The topological polar surface area (TPSA) is 49.4 Å². The van der Waals surface area contributed by atoms with Crippen molar-refractivity contribution in [3.8, 4) is 0 Å².